The summed E-state index contributed by atoms with van der Waals surface area (Å²) in [7, 11) is 0. The van der Waals surface area contributed by atoms with Gasteiger partial charge in [0.1, 0.15) is 11.6 Å². The number of aromatic amines is 1. The molecule has 1 amide bonds. The maximum atomic E-state index is 11.8. The van der Waals surface area contributed by atoms with Crippen molar-refractivity contribution in [2.24, 2.45) is 0 Å². The van der Waals surface area contributed by atoms with Crippen LogP contribution >= 0.6 is 0 Å². The molecule has 1 saturated heterocycles. The van der Waals surface area contributed by atoms with Crippen LogP contribution in [0.5, 0.6) is 0 Å². The van der Waals surface area contributed by atoms with Crippen LogP contribution in [0.1, 0.15) is 37.9 Å². The SMILES string of the molecule is Nc1cc(=O)[nH]c(CCNC(=O)CCCN2CCCCC2)n1. The van der Waals surface area contributed by atoms with Crippen molar-refractivity contribution in [3.63, 3.8) is 0 Å². The lowest BCUT2D eigenvalue weighted by Crippen LogP contribution is -2.32. The van der Waals surface area contributed by atoms with E-state index in [9.17, 15) is 9.59 Å². The lowest BCUT2D eigenvalue weighted by molar-refractivity contribution is -0.121. The largest absolute Gasteiger partial charge is 0.383 e. The summed E-state index contributed by atoms with van der Waals surface area (Å²) in [6, 6.07) is 1.24. The van der Waals surface area contributed by atoms with E-state index in [0.29, 0.717) is 25.2 Å². The summed E-state index contributed by atoms with van der Waals surface area (Å²) in [6.07, 6.45) is 5.78. The average Bonchev–Trinajstić information content (AvgIpc) is 2.47. The number of carbonyl (C=O) groups excluding carboxylic acids is 1. The van der Waals surface area contributed by atoms with Gasteiger partial charge >= 0.3 is 0 Å². The van der Waals surface area contributed by atoms with Crippen molar-refractivity contribution in [2.45, 2.75) is 38.5 Å². The molecule has 1 fully saturated rings. The number of amides is 1. The van der Waals surface area contributed by atoms with Gasteiger partial charge in [-0.3, -0.25) is 9.59 Å². The number of nitrogens with two attached hydrogens (primary N) is 1. The van der Waals surface area contributed by atoms with Crippen LogP contribution in [-0.2, 0) is 11.2 Å². The summed E-state index contributed by atoms with van der Waals surface area (Å²) in [5.74, 6) is 0.744. The number of nitrogens with one attached hydrogen (secondary N) is 2. The molecular formula is C15H25N5O2. The Morgan fingerprint density at radius 3 is 2.86 bits per heavy atom. The van der Waals surface area contributed by atoms with Crippen molar-refractivity contribution in [3.05, 3.63) is 22.2 Å². The number of nitrogen functional groups attached to an aromatic ring is 1. The van der Waals surface area contributed by atoms with E-state index in [0.717, 1.165) is 26.1 Å². The first kappa shape index (κ1) is 16.5. The van der Waals surface area contributed by atoms with Crippen molar-refractivity contribution in [2.75, 3.05) is 31.9 Å². The Labute approximate surface area is 130 Å². The van der Waals surface area contributed by atoms with Gasteiger partial charge in [-0.1, -0.05) is 6.42 Å². The first-order valence-electron chi connectivity index (χ1n) is 7.98. The highest BCUT2D eigenvalue weighted by molar-refractivity contribution is 5.75. The second-order valence-electron chi connectivity index (χ2n) is 5.72. The molecule has 7 heteroatoms. The molecule has 22 heavy (non-hydrogen) atoms. The normalized spacial score (nSPS) is 15.6. The standard InChI is InChI=1S/C15H25N5O2/c16-12-11-15(22)19-13(18-12)6-7-17-14(21)5-4-10-20-8-2-1-3-9-20/h11H,1-10H2,(H,17,21)(H3,16,18,19,22). The Hall–Kier alpha value is -1.89. The quantitative estimate of drug-likeness (QED) is 0.671. The van der Waals surface area contributed by atoms with Gasteiger partial charge < -0.3 is 20.9 Å². The molecule has 0 radical (unpaired) electrons. The predicted octanol–water partition coefficient (Wildman–Crippen LogP) is 0.277. The summed E-state index contributed by atoms with van der Waals surface area (Å²) in [5.41, 5.74) is 5.24. The second-order valence-corrected chi connectivity index (χ2v) is 5.72. The zero-order valence-corrected chi connectivity index (χ0v) is 12.9. The molecule has 0 aliphatic carbocycles. The Bertz CT molecular complexity index is 537. The fraction of sp³-hybridized carbons (Fsp3) is 0.667. The van der Waals surface area contributed by atoms with E-state index in [4.69, 9.17) is 5.73 Å². The molecule has 1 aliphatic rings. The third-order valence-electron chi connectivity index (χ3n) is 3.82. The summed E-state index contributed by atoms with van der Waals surface area (Å²) >= 11 is 0. The number of anilines is 1. The van der Waals surface area contributed by atoms with Crippen molar-refractivity contribution in [1.29, 1.82) is 0 Å². The van der Waals surface area contributed by atoms with E-state index in [1.165, 1.54) is 25.3 Å². The van der Waals surface area contributed by atoms with E-state index in [-0.39, 0.29) is 17.3 Å². The topological polar surface area (TPSA) is 104 Å². The number of hydrogen-bond donors (Lipinski definition) is 3. The number of nitrogens with zero attached hydrogens (tertiary/aromatic N) is 2. The van der Waals surface area contributed by atoms with E-state index < -0.39 is 0 Å². The van der Waals surface area contributed by atoms with E-state index in [2.05, 4.69) is 20.2 Å². The maximum Gasteiger partial charge on any atom is 0.252 e. The molecule has 0 spiro atoms. The Morgan fingerprint density at radius 2 is 2.14 bits per heavy atom. The first-order valence-corrected chi connectivity index (χ1v) is 7.98. The van der Waals surface area contributed by atoms with Crippen LogP contribution in [0.3, 0.4) is 0 Å². The van der Waals surface area contributed by atoms with Crippen molar-refractivity contribution < 1.29 is 4.79 Å². The Balaban J connectivity index is 1.60. The highest BCUT2D eigenvalue weighted by Gasteiger charge is 2.10. The van der Waals surface area contributed by atoms with Crippen molar-refractivity contribution in [1.82, 2.24) is 20.2 Å². The molecule has 7 nitrogen and oxygen atoms in total. The third kappa shape index (κ3) is 5.85. The average molecular weight is 307 g/mol. The Kier molecular flexibility index (Phi) is 6.39. The summed E-state index contributed by atoms with van der Waals surface area (Å²) in [5, 5.41) is 2.85. The molecule has 1 aromatic rings. The van der Waals surface area contributed by atoms with E-state index in [1.54, 1.807) is 0 Å². The predicted molar refractivity (Wildman–Crippen MR) is 85.5 cm³/mol. The monoisotopic (exact) mass is 307 g/mol. The zero-order chi connectivity index (χ0) is 15.8. The smallest absolute Gasteiger partial charge is 0.252 e. The van der Waals surface area contributed by atoms with Gasteiger partial charge in [0.05, 0.1) is 0 Å². The van der Waals surface area contributed by atoms with Crippen molar-refractivity contribution in [3.8, 4) is 0 Å². The van der Waals surface area contributed by atoms with Gasteiger partial charge in [0.25, 0.3) is 5.56 Å². The van der Waals surface area contributed by atoms with Gasteiger partial charge in [-0.05, 0) is 38.9 Å². The van der Waals surface area contributed by atoms with Gasteiger partial charge in [-0.15, -0.1) is 0 Å². The minimum atomic E-state index is -0.268. The summed E-state index contributed by atoms with van der Waals surface area (Å²) in [4.78, 5) is 32.0. The maximum absolute atomic E-state index is 11.8. The number of H-pyrrole nitrogens is 1. The molecule has 0 aromatic carbocycles. The van der Waals surface area contributed by atoms with Crippen LogP contribution in [0.25, 0.3) is 0 Å². The number of carbonyl (C=O) groups is 1. The minimum Gasteiger partial charge on any atom is -0.383 e. The molecule has 0 unspecified atom stereocenters. The molecule has 2 rings (SSSR count). The number of piperidine rings is 1. The van der Waals surface area contributed by atoms with Gasteiger partial charge in [0.2, 0.25) is 5.91 Å². The molecular weight excluding hydrogens is 282 g/mol. The van der Waals surface area contributed by atoms with E-state index >= 15 is 0 Å². The molecule has 122 valence electrons. The number of likely N-dealkylation sites (tertiary alicyclic amines) is 1. The molecule has 4 N–H and O–H groups in total. The van der Waals surface area contributed by atoms with Crippen LogP contribution in [0, 0.1) is 0 Å². The van der Waals surface area contributed by atoms with Gasteiger partial charge in [0.15, 0.2) is 0 Å². The first-order chi connectivity index (χ1) is 10.6. The lowest BCUT2D eigenvalue weighted by atomic mass is 10.1. The van der Waals surface area contributed by atoms with Crippen LogP contribution < -0.4 is 16.6 Å². The number of rotatable bonds is 7. The molecule has 1 aliphatic heterocycles. The number of hydrogen-bond acceptors (Lipinski definition) is 5. The molecule has 0 atom stereocenters. The molecule has 1 aromatic heterocycles. The lowest BCUT2D eigenvalue weighted by Gasteiger charge is -2.26. The Morgan fingerprint density at radius 1 is 1.36 bits per heavy atom. The van der Waals surface area contributed by atoms with Crippen LogP contribution in [0.2, 0.25) is 0 Å². The van der Waals surface area contributed by atoms with Crippen molar-refractivity contribution >= 4 is 11.7 Å². The molecule has 0 bridgehead atoms. The fourth-order valence-electron chi connectivity index (χ4n) is 2.70. The summed E-state index contributed by atoms with van der Waals surface area (Å²) in [6.45, 7) is 3.78. The highest BCUT2D eigenvalue weighted by Crippen LogP contribution is 2.09. The van der Waals surface area contributed by atoms with Gasteiger partial charge in [0, 0.05) is 25.5 Å². The van der Waals surface area contributed by atoms with Crippen LogP contribution in [-0.4, -0.2) is 47.0 Å². The van der Waals surface area contributed by atoms with Crippen LogP contribution in [0.15, 0.2) is 10.9 Å². The van der Waals surface area contributed by atoms with Gasteiger partial charge in [-0.2, -0.15) is 0 Å². The number of aromatic nitrogens is 2. The third-order valence-corrected chi connectivity index (χ3v) is 3.82. The van der Waals surface area contributed by atoms with Gasteiger partial charge in [-0.25, -0.2) is 4.98 Å². The zero-order valence-electron chi connectivity index (χ0n) is 12.9. The van der Waals surface area contributed by atoms with Crippen LogP contribution in [0.4, 0.5) is 5.82 Å². The molecule has 0 saturated carbocycles. The minimum absolute atomic E-state index is 0.0447. The summed E-state index contributed by atoms with van der Waals surface area (Å²) < 4.78 is 0. The van der Waals surface area contributed by atoms with E-state index in [1.807, 2.05) is 0 Å². The fourth-order valence-corrected chi connectivity index (χ4v) is 2.70. The molecule has 2 heterocycles. The second kappa shape index (κ2) is 8.53. The highest BCUT2D eigenvalue weighted by atomic mass is 16.1.